The molecule has 1 amide bonds. The van der Waals surface area contributed by atoms with E-state index >= 15 is 0 Å². The maximum atomic E-state index is 12.5. The highest BCUT2D eigenvalue weighted by Crippen LogP contribution is 2.16. The summed E-state index contributed by atoms with van der Waals surface area (Å²) < 4.78 is 6.05. The van der Waals surface area contributed by atoms with Crippen LogP contribution < -0.4 is 10.2 Å². The van der Waals surface area contributed by atoms with E-state index in [-0.39, 0.29) is 23.8 Å². The molecule has 0 aromatic heterocycles. The van der Waals surface area contributed by atoms with Crippen LogP contribution >= 0.6 is 15.9 Å². The zero-order valence-corrected chi connectivity index (χ0v) is 15.2. The lowest BCUT2D eigenvalue weighted by Gasteiger charge is -2.32. The summed E-state index contributed by atoms with van der Waals surface area (Å²) in [7, 11) is 0. The molecule has 1 aromatic carbocycles. The molecule has 1 aromatic rings. The molecule has 0 radical (unpaired) electrons. The molecule has 3 atom stereocenters. The summed E-state index contributed by atoms with van der Waals surface area (Å²) >= 11 is 3.40. The van der Waals surface area contributed by atoms with E-state index < -0.39 is 0 Å². The Morgan fingerprint density at radius 1 is 1.48 bits per heavy atom. The van der Waals surface area contributed by atoms with Crippen molar-refractivity contribution in [1.29, 1.82) is 0 Å². The van der Waals surface area contributed by atoms with Gasteiger partial charge in [0.25, 0.3) is 5.91 Å². The first kappa shape index (κ1) is 17.9. The van der Waals surface area contributed by atoms with Gasteiger partial charge in [0.05, 0.1) is 19.7 Å². The summed E-state index contributed by atoms with van der Waals surface area (Å²) in [6.07, 6.45) is 1.79. The average Bonchev–Trinajstić information content (AvgIpc) is 2.54. The Hall–Kier alpha value is -1.40. The summed E-state index contributed by atoms with van der Waals surface area (Å²) in [5.41, 5.74) is 0.773. The van der Waals surface area contributed by atoms with Gasteiger partial charge in [0.2, 0.25) is 0 Å². The van der Waals surface area contributed by atoms with Crippen molar-refractivity contribution in [3.63, 3.8) is 0 Å². The Bertz CT molecular complexity index is 565. The number of nitrogens with one attached hydrogen (secondary N) is 2. The minimum Gasteiger partial charge on any atom is -0.466 e. The number of esters is 1. The second-order valence-electron chi connectivity index (χ2n) is 5.92. The molecule has 0 aliphatic carbocycles. The molecular formula is C17H24BrN2O3+. The molecule has 0 spiro atoms. The fraction of sp³-hybridized carbons (Fsp3) is 0.529. The van der Waals surface area contributed by atoms with E-state index in [1.165, 1.54) is 0 Å². The van der Waals surface area contributed by atoms with Gasteiger partial charge < -0.3 is 15.0 Å². The minimum absolute atomic E-state index is 0.0254. The number of hydrogen-bond donors (Lipinski definition) is 2. The predicted molar refractivity (Wildman–Crippen MR) is 92.3 cm³/mol. The van der Waals surface area contributed by atoms with Crippen molar-refractivity contribution < 1.29 is 19.2 Å². The smallest absolute Gasteiger partial charge is 0.314 e. The van der Waals surface area contributed by atoms with Crippen LogP contribution in [-0.4, -0.2) is 37.6 Å². The molecule has 5 nitrogen and oxygen atoms in total. The van der Waals surface area contributed by atoms with Gasteiger partial charge in [0.1, 0.15) is 5.92 Å². The van der Waals surface area contributed by atoms with Crippen LogP contribution in [0.2, 0.25) is 0 Å². The number of benzene rings is 1. The fourth-order valence-corrected chi connectivity index (χ4v) is 3.35. The molecule has 2 rings (SSSR count). The van der Waals surface area contributed by atoms with E-state index in [4.69, 9.17) is 4.74 Å². The number of anilines is 1. The zero-order chi connectivity index (χ0) is 16.8. The Labute approximate surface area is 145 Å². The highest BCUT2D eigenvalue weighted by molar-refractivity contribution is 9.10. The lowest BCUT2D eigenvalue weighted by molar-refractivity contribution is -0.921. The van der Waals surface area contributed by atoms with Crippen LogP contribution in [-0.2, 0) is 14.3 Å². The summed E-state index contributed by atoms with van der Waals surface area (Å²) in [6.45, 7) is 5.70. The lowest BCUT2D eigenvalue weighted by Crippen LogP contribution is -3.18. The summed E-state index contributed by atoms with van der Waals surface area (Å²) in [6, 6.07) is 7.33. The van der Waals surface area contributed by atoms with E-state index in [2.05, 4.69) is 21.2 Å². The van der Waals surface area contributed by atoms with Crippen molar-refractivity contribution in [2.75, 3.05) is 25.0 Å². The number of amides is 1. The first-order chi connectivity index (χ1) is 11.0. The van der Waals surface area contributed by atoms with Gasteiger partial charge in [0, 0.05) is 10.2 Å². The molecule has 1 aliphatic rings. The molecule has 1 heterocycles. The SMILES string of the molecule is CCOC(=O)[C@@H]1CCC[NH+]([C@@H](C)C(=O)Nc2cccc(Br)c2)C1. The van der Waals surface area contributed by atoms with Gasteiger partial charge in [0.15, 0.2) is 6.04 Å². The third-order valence-electron chi connectivity index (χ3n) is 4.28. The van der Waals surface area contributed by atoms with Crippen LogP contribution in [0.1, 0.15) is 26.7 Å². The van der Waals surface area contributed by atoms with E-state index in [9.17, 15) is 9.59 Å². The van der Waals surface area contributed by atoms with Gasteiger partial charge in [-0.1, -0.05) is 22.0 Å². The summed E-state index contributed by atoms with van der Waals surface area (Å²) in [5.74, 6) is -0.258. The molecular weight excluding hydrogens is 360 g/mol. The third kappa shape index (κ3) is 5.04. The van der Waals surface area contributed by atoms with Crippen LogP contribution in [0, 0.1) is 5.92 Å². The average molecular weight is 384 g/mol. The zero-order valence-electron chi connectivity index (χ0n) is 13.6. The third-order valence-corrected chi connectivity index (χ3v) is 4.77. The number of carbonyl (C=O) groups is 2. The molecule has 6 heteroatoms. The molecule has 2 N–H and O–H groups in total. The quantitative estimate of drug-likeness (QED) is 0.759. The standard InChI is InChI=1S/C17H23BrN2O3/c1-3-23-17(22)13-6-5-9-20(11-13)12(2)16(21)19-15-8-4-7-14(18)10-15/h4,7-8,10,12-13H,3,5-6,9,11H2,1-2H3,(H,19,21)/p+1/t12-,13+/m0/s1. The van der Waals surface area contributed by atoms with Crippen molar-refractivity contribution >= 4 is 33.5 Å². The maximum absolute atomic E-state index is 12.5. The number of rotatable bonds is 5. The second-order valence-corrected chi connectivity index (χ2v) is 6.84. The summed E-state index contributed by atoms with van der Waals surface area (Å²) in [5, 5.41) is 2.94. The van der Waals surface area contributed by atoms with Gasteiger partial charge in [-0.3, -0.25) is 9.59 Å². The lowest BCUT2D eigenvalue weighted by atomic mass is 9.97. The molecule has 1 fully saturated rings. The number of carbonyl (C=O) groups excluding carboxylic acids is 2. The molecule has 23 heavy (non-hydrogen) atoms. The molecule has 1 saturated heterocycles. The van der Waals surface area contributed by atoms with Crippen molar-refractivity contribution in [2.24, 2.45) is 5.92 Å². The van der Waals surface area contributed by atoms with Crippen LogP contribution in [0.15, 0.2) is 28.7 Å². The Morgan fingerprint density at radius 3 is 2.96 bits per heavy atom. The van der Waals surface area contributed by atoms with Gasteiger partial charge in [-0.15, -0.1) is 0 Å². The Morgan fingerprint density at radius 2 is 2.26 bits per heavy atom. The molecule has 0 bridgehead atoms. The van der Waals surface area contributed by atoms with E-state index in [1.807, 2.05) is 38.1 Å². The molecule has 1 unspecified atom stereocenters. The number of halogens is 1. The second kappa shape index (κ2) is 8.45. The van der Waals surface area contributed by atoms with Crippen LogP contribution in [0.25, 0.3) is 0 Å². The number of ether oxygens (including phenoxy) is 1. The highest BCUT2D eigenvalue weighted by Gasteiger charge is 2.34. The van der Waals surface area contributed by atoms with Crippen molar-refractivity contribution in [1.82, 2.24) is 0 Å². The number of piperidine rings is 1. The minimum atomic E-state index is -0.203. The molecule has 1 aliphatic heterocycles. The topological polar surface area (TPSA) is 59.8 Å². The van der Waals surface area contributed by atoms with Crippen LogP contribution in [0.3, 0.4) is 0 Å². The van der Waals surface area contributed by atoms with E-state index in [0.29, 0.717) is 13.2 Å². The predicted octanol–water partition coefficient (Wildman–Crippen LogP) is 1.63. The van der Waals surface area contributed by atoms with E-state index in [0.717, 1.165) is 34.4 Å². The van der Waals surface area contributed by atoms with Gasteiger partial charge >= 0.3 is 5.97 Å². The van der Waals surface area contributed by atoms with Crippen LogP contribution in [0.5, 0.6) is 0 Å². The number of likely N-dealkylation sites (tertiary alicyclic amines) is 1. The normalized spacial score (nSPS) is 22.2. The number of hydrogen-bond acceptors (Lipinski definition) is 3. The van der Waals surface area contributed by atoms with Gasteiger partial charge in [-0.05, 0) is 44.9 Å². The first-order valence-electron chi connectivity index (χ1n) is 8.09. The first-order valence-corrected chi connectivity index (χ1v) is 8.88. The van der Waals surface area contributed by atoms with Crippen molar-refractivity contribution in [3.05, 3.63) is 28.7 Å². The summed E-state index contributed by atoms with van der Waals surface area (Å²) in [4.78, 5) is 25.5. The Kier molecular flexibility index (Phi) is 6.59. The maximum Gasteiger partial charge on any atom is 0.314 e. The highest BCUT2D eigenvalue weighted by atomic mass is 79.9. The van der Waals surface area contributed by atoms with Crippen molar-refractivity contribution in [3.8, 4) is 0 Å². The number of quaternary nitrogens is 1. The van der Waals surface area contributed by atoms with Gasteiger partial charge in [-0.25, -0.2) is 0 Å². The molecule has 126 valence electrons. The fourth-order valence-electron chi connectivity index (χ4n) is 2.95. The van der Waals surface area contributed by atoms with E-state index in [1.54, 1.807) is 0 Å². The monoisotopic (exact) mass is 383 g/mol. The molecule has 0 saturated carbocycles. The largest absolute Gasteiger partial charge is 0.466 e. The van der Waals surface area contributed by atoms with Crippen LogP contribution in [0.4, 0.5) is 5.69 Å². The van der Waals surface area contributed by atoms with Crippen molar-refractivity contribution in [2.45, 2.75) is 32.7 Å². The van der Waals surface area contributed by atoms with Gasteiger partial charge in [-0.2, -0.15) is 0 Å². The Balaban J connectivity index is 1.94.